The zero-order valence-corrected chi connectivity index (χ0v) is 12.4. The van der Waals surface area contributed by atoms with Crippen molar-refractivity contribution >= 4 is 20.8 Å². The van der Waals surface area contributed by atoms with Crippen LogP contribution in [0, 0.1) is 6.92 Å². The Bertz CT molecular complexity index is 1020. The molecule has 0 unspecified atom stereocenters. The number of rotatable bonds is 2. The Balaban J connectivity index is 2.32. The van der Waals surface area contributed by atoms with Crippen LogP contribution < -0.4 is 5.63 Å². The van der Waals surface area contributed by atoms with Gasteiger partial charge in [0.15, 0.2) is 4.90 Å². The molecule has 112 valence electrons. The Morgan fingerprint density at radius 1 is 1.05 bits per heavy atom. The first kappa shape index (κ1) is 14.3. The van der Waals surface area contributed by atoms with Crippen molar-refractivity contribution in [3.63, 3.8) is 0 Å². The molecular formula is C16H12O5S. The lowest BCUT2D eigenvalue weighted by Crippen LogP contribution is -2.14. The molecule has 0 atom stereocenters. The molecule has 22 heavy (non-hydrogen) atoms. The number of hydrogen-bond donors (Lipinski definition) is 1. The van der Waals surface area contributed by atoms with E-state index in [4.69, 9.17) is 4.42 Å². The minimum atomic E-state index is -3.95. The summed E-state index contributed by atoms with van der Waals surface area (Å²) in [5.74, 6) is -0.0192. The van der Waals surface area contributed by atoms with Crippen molar-refractivity contribution in [2.24, 2.45) is 0 Å². The summed E-state index contributed by atoms with van der Waals surface area (Å²) in [4.78, 5) is 11.7. The van der Waals surface area contributed by atoms with Gasteiger partial charge in [0.05, 0.1) is 4.90 Å². The highest BCUT2D eigenvalue weighted by Gasteiger charge is 2.23. The van der Waals surface area contributed by atoms with E-state index in [2.05, 4.69) is 0 Å². The summed E-state index contributed by atoms with van der Waals surface area (Å²) in [6.45, 7) is 1.59. The minimum absolute atomic E-state index is 0.0192. The van der Waals surface area contributed by atoms with E-state index in [1.807, 2.05) is 0 Å². The fourth-order valence-electron chi connectivity index (χ4n) is 2.21. The van der Waals surface area contributed by atoms with E-state index in [1.165, 1.54) is 30.3 Å². The Morgan fingerprint density at radius 3 is 2.41 bits per heavy atom. The van der Waals surface area contributed by atoms with Crippen molar-refractivity contribution in [2.45, 2.75) is 16.7 Å². The maximum Gasteiger partial charge on any atom is 0.355 e. The van der Waals surface area contributed by atoms with Gasteiger partial charge in [0, 0.05) is 10.9 Å². The zero-order valence-electron chi connectivity index (χ0n) is 11.6. The van der Waals surface area contributed by atoms with Gasteiger partial charge in [-0.25, -0.2) is 13.2 Å². The van der Waals surface area contributed by atoms with Crippen LogP contribution in [-0.4, -0.2) is 13.5 Å². The van der Waals surface area contributed by atoms with Crippen molar-refractivity contribution < 1.29 is 17.9 Å². The molecule has 5 nitrogen and oxygen atoms in total. The minimum Gasteiger partial charge on any atom is -0.508 e. The molecule has 0 fully saturated rings. The van der Waals surface area contributed by atoms with Crippen molar-refractivity contribution in [1.29, 1.82) is 0 Å². The third kappa shape index (κ3) is 2.17. The van der Waals surface area contributed by atoms with Gasteiger partial charge < -0.3 is 9.52 Å². The lowest BCUT2D eigenvalue weighted by molar-refractivity contribution is 0.467. The van der Waals surface area contributed by atoms with Gasteiger partial charge in [-0.15, -0.1) is 0 Å². The second-order valence-electron chi connectivity index (χ2n) is 4.84. The predicted octanol–water partition coefficient (Wildman–Crippen LogP) is 2.64. The summed E-state index contributed by atoms with van der Waals surface area (Å²) < 4.78 is 30.2. The molecule has 0 saturated carbocycles. The molecule has 0 aliphatic heterocycles. The van der Waals surface area contributed by atoms with Crippen molar-refractivity contribution in [2.75, 3.05) is 0 Å². The van der Waals surface area contributed by atoms with E-state index in [-0.39, 0.29) is 16.2 Å². The third-order valence-electron chi connectivity index (χ3n) is 3.43. The van der Waals surface area contributed by atoms with Crippen LogP contribution in [-0.2, 0) is 9.84 Å². The molecule has 3 rings (SSSR count). The average Bonchev–Trinajstić information content (AvgIpc) is 2.52. The molecule has 2 aromatic carbocycles. The smallest absolute Gasteiger partial charge is 0.355 e. The van der Waals surface area contributed by atoms with Gasteiger partial charge in [-0.2, -0.15) is 0 Å². The number of hydrogen-bond acceptors (Lipinski definition) is 5. The second kappa shape index (κ2) is 4.99. The summed E-state index contributed by atoms with van der Waals surface area (Å²) in [5, 5.41) is 10.1. The number of benzene rings is 2. The Kier molecular flexibility index (Phi) is 3.26. The molecule has 0 amide bonds. The first-order chi connectivity index (χ1) is 10.4. The van der Waals surface area contributed by atoms with Crippen LogP contribution in [0.2, 0.25) is 0 Å². The number of sulfone groups is 1. The van der Waals surface area contributed by atoms with Gasteiger partial charge in [-0.3, -0.25) is 0 Å². The first-order valence-corrected chi connectivity index (χ1v) is 7.96. The zero-order chi connectivity index (χ0) is 15.9. The molecule has 3 aromatic rings. The van der Waals surface area contributed by atoms with Crippen molar-refractivity contribution in [3.8, 4) is 5.75 Å². The van der Waals surface area contributed by atoms with Gasteiger partial charge in [-0.05, 0) is 37.3 Å². The number of phenols is 1. The highest BCUT2D eigenvalue weighted by Crippen LogP contribution is 2.27. The van der Waals surface area contributed by atoms with E-state index >= 15 is 0 Å². The SMILES string of the molecule is Cc1c(O)ccc2cc(S(=O)(=O)c3ccccc3)c(=O)oc12. The molecule has 0 saturated heterocycles. The summed E-state index contributed by atoms with van der Waals surface area (Å²) in [6.07, 6.45) is 0. The van der Waals surface area contributed by atoms with Crippen LogP contribution in [0.4, 0.5) is 0 Å². The van der Waals surface area contributed by atoms with Crippen molar-refractivity contribution in [1.82, 2.24) is 0 Å². The molecule has 0 radical (unpaired) electrons. The highest BCUT2D eigenvalue weighted by molar-refractivity contribution is 7.91. The van der Waals surface area contributed by atoms with E-state index in [1.54, 1.807) is 25.1 Å². The Morgan fingerprint density at radius 2 is 1.73 bits per heavy atom. The molecule has 1 N–H and O–H groups in total. The quantitative estimate of drug-likeness (QED) is 0.735. The average molecular weight is 316 g/mol. The highest BCUT2D eigenvalue weighted by atomic mass is 32.2. The van der Waals surface area contributed by atoms with E-state index in [0.717, 1.165) is 0 Å². The Hall–Kier alpha value is -2.60. The maximum atomic E-state index is 12.5. The monoisotopic (exact) mass is 316 g/mol. The lowest BCUT2D eigenvalue weighted by Gasteiger charge is -2.06. The summed E-state index contributed by atoms with van der Waals surface area (Å²) in [5.41, 5.74) is -0.389. The van der Waals surface area contributed by atoms with E-state index in [0.29, 0.717) is 10.9 Å². The maximum absolute atomic E-state index is 12.5. The molecule has 0 aliphatic carbocycles. The normalized spacial score (nSPS) is 11.7. The fourth-order valence-corrected chi connectivity index (χ4v) is 3.52. The van der Waals surface area contributed by atoms with Crippen LogP contribution in [0.25, 0.3) is 11.0 Å². The molecule has 6 heteroatoms. The van der Waals surface area contributed by atoms with E-state index < -0.39 is 20.4 Å². The number of phenolic OH excluding ortho intramolecular Hbond substituents is 1. The topological polar surface area (TPSA) is 84.6 Å². The van der Waals surface area contributed by atoms with Gasteiger partial charge in [0.25, 0.3) is 0 Å². The molecule has 1 aromatic heterocycles. The molecule has 0 bridgehead atoms. The number of aromatic hydroxyl groups is 1. The van der Waals surface area contributed by atoms with Gasteiger partial charge in [0.1, 0.15) is 11.3 Å². The molecular weight excluding hydrogens is 304 g/mol. The van der Waals surface area contributed by atoms with Crippen LogP contribution in [0.15, 0.2) is 67.5 Å². The molecule has 0 aliphatic rings. The second-order valence-corrected chi connectivity index (χ2v) is 6.76. The van der Waals surface area contributed by atoms with Crippen LogP contribution in [0.1, 0.15) is 5.56 Å². The molecule has 1 heterocycles. The lowest BCUT2D eigenvalue weighted by atomic mass is 10.1. The Labute approximate surface area is 126 Å². The standard InChI is InChI=1S/C16H12O5S/c1-10-13(17)8-7-11-9-14(16(18)21-15(10)11)22(19,20)12-5-3-2-4-6-12/h2-9,17H,1H3. The third-order valence-corrected chi connectivity index (χ3v) is 5.19. The largest absolute Gasteiger partial charge is 0.508 e. The van der Waals surface area contributed by atoms with Crippen molar-refractivity contribution in [3.05, 3.63) is 64.5 Å². The number of aryl methyl sites for hydroxylation is 1. The van der Waals surface area contributed by atoms with Crippen LogP contribution in [0.3, 0.4) is 0 Å². The number of fused-ring (bicyclic) bond motifs is 1. The van der Waals surface area contributed by atoms with Gasteiger partial charge >= 0.3 is 5.63 Å². The summed E-state index contributed by atoms with van der Waals surface area (Å²) in [7, 11) is -3.95. The fraction of sp³-hybridized carbons (Fsp3) is 0.0625. The van der Waals surface area contributed by atoms with Gasteiger partial charge in [0.2, 0.25) is 9.84 Å². The van der Waals surface area contributed by atoms with E-state index in [9.17, 15) is 18.3 Å². The van der Waals surface area contributed by atoms with Crippen LogP contribution >= 0.6 is 0 Å². The molecule has 0 spiro atoms. The summed E-state index contributed by atoms with van der Waals surface area (Å²) >= 11 is 0. The van der Waals surface area contributed by atoms with Crippen LogP contribution in [0.5, 0.6) is 5.75 Å². The first-order valence-electron chi connectivity index (χ1n) is 6.48. The van der Waals surface area contributed by atoms with Gasteiger partial charge in [-0.1, -0.05) is 18.2 Å². The predicted molar refractivity (Wildman–Crippen MR) is 80.8 cm³/mol. The summed E-state index contributed by atoms with van der Waals surface area (Å²) in [6, 6.07) is 11.9.